The average molecular weight is 517 g/mol. The average Bonchev–Trinajstić information content (AvgIpc) is 3.26. The number of halogens is 7. The van der Waals surface area contributed by atoms with Crippen LogP contribution in [-0.2, 0) is 6.18 Å². The summed E-state index contributed by atoms with van der Waals surface area (Å²) in [5.41, 5.74) is -1.78. The molecular weight excluding hydrogens is 506 g/mol. The van der Waals surface area contributed by atoms with E-state index in [1.807, 2.05) is 4.72 Å². The minimum atomic E-state index is -4.72. The highest BCUT2D eigenvalue weighted by Gasteiger charge is 2.35. The number of rotatable bonds is 5. The first-order chi connectivity index (χ1) is 14.3. The van der Waals surface area contributed by atoms with E-state index in [2.05, 4.69) is 17.9 Å². The molecule has 31 heavy (non-hydrogen) atoms. The van der Waals surface area contributed by atoms with Crippen molar-refractivity contribution in [1.82, 2.24) is 19.1 Å². The molecule has 1 aromatic carbocycles. The smallest absolute Gasteiger partial charge is 0.308 e. The summed E-state index contributed by atoms with van der Waals surface area (Å²) >= 11 is 15.9. The zero-order chi connectivity index (χ0) is 23.1. The summed E-state index contributed by atoms with van der Waals surface area (Å²) < 4.78 is 71.4. The first-order valence-electron chi connectivity index (χ1n) is 8.17. The lowest BCUT2D eigenvalue weighted by molar-refractivity contribution is -0.137. The van der Waals surface area contributed by atoms with Crippen LogP contribution in [0.15, 0.2) is 41.6 Å². The van der Waals surface area contributed by atoms with Gasteiger partial charge in [0, 0.05) is 19.3 Å². The number of nitrogens with one attached hydrogen (secondary N) is 1. The van der Waals surface area contributed by atoms with Crippen molar-refractivity contribution in [2.75, 3.05) is 0 Å². The third-order valence-electron chi connectivity index (χ3n) is 3.82. The van der Waals surface area contributed by atoms with Crippen molar-refractivity contribution in [3.8, 4) is 11.5 Å². The van der Waals surface area contributed by atoms with Crippen LogP contribution in [0, 0.1) is 0 Å². The molecule has 166 valence electrons. The molecule has 0 fully saturated rings. The van der Waals surface area contributed by atoms with Crippen molar-refractivity contribution in [3.63, 3.8) is 0 Å². The molecule has 0 aliphatic heterocycles. The van der Waals surface area contributed by atoms with Crippen molar-refractivity contribution in [3.05, 3.63) is 58.0 Å². The zero-order valence-electron chi connectivity index (χ0n) is 15.2. The van der Waals surface area contributed by atoms with Crippen molar-refractivity contribution >= 4 is 53.7 Å². The first-order valence-corrected chi connectivity index (χ1v) is 10.2. The maximum atomic E-state index is 13.9. The topological polar surface area (TPSA) is 51.9 Å². The van der Waals surface area contributed by atoms with Gasteiger partial charge in [-0.1, -0.05) is 36.0 Å². The second kappa shape index (κ2) is 8.57. The van der Waals surface area contributed by atoms with Crippen molar-refractivity contribution in [2.24, 2.45) is 0 Å². The van der Waals surface area contributed by atoms with Crippen LogP contribution >= 0.6 is 47.8 Å². The van der Waals surface area contributed by atoms with E-state index in [0.717, 1.165) is 4.68 Å². The molecule has 0 saturated carbocycles. The van der Waals surface area contributed by atoms with Crippen LogP contribution in [0.25, 0.3) is 11.5 Å². The van der Waals surface area contributed by atoms with Gasteiger partial charge < -0.3 is 4.57 Å². The quantitative estimate of drug-likeness (QED) is 0.239. The molecule has 1 N–H and O–H groups in total. The molecule has 0 aliphatic carbocycles. The van der Waals surface area contributed by atoms with E-state index in [1.165, 1.54) is 17.0 Å². The van der Waals surface area contributed by atoms with E-state index in [0.29, 0.717) is 19.1 Å². The molecule has 5 nitrogen and oxygen atoms in total. The van der Waals surface area contributed by atoms with Crippen LogP contribution in [0.5, 0.6) is 0 Å². The Balaban J connectivity index is 2.37. The van der Waals surface area contributed by atoms with Crippen LogP contribution in [0.1, 0.15) is 23.0 Å². The number of amides is 1. The Morgan fingerprint density at radius 2 is 1.68 bits per heavy atom. The number of carbonyl (C=O) groups excluding carboxylic acids is 1. The summed E-state index contributed by atoms with van der Waals surface area (Å²) in [7, 11) is 0. The Morgan fingerprint density at radius 3 is 2.13 bits per heavy atom. The lowest BCUT2D eigenvalue weighted by atomic mass is 10.2. The third-order valence-corrected chi connectivity index (χ3v) is 5.54. The normalized spacial score (nSPS) is 12.3. The van der Waals surface area contributed by atoms with Crippen molar-refractivity contribution in [1.29, 1.82) is 0 Å². The van der Waals surface area contributed by atoms with Gasteiger partial charge in [-0.05, 0) is 36.0 Å². The number of thioether (sulfide) groups is 1. The molecule has 0 saturated heterocycles. The van der Waals surface area contributed by atoms with Crippen molar-refractivity contribution in [2.45, 2.75) is 23.3 Å². The Kier molecular flexibility index (Phi) is 6.57. The number of benzene rings is 1. The monoisotopic (exact) mass is 516 g/mol. The summed E-state index contributed by atoms with van der Waals surface area (Å²) in [6.07, 6.45) is -1.78. The van der Waals surface area contributed by atoms with Gasteiger partial charge in [-0.3, -0.25) is 9.52 Å². The molecule has 14 heteroatoms. The lowest BCUT2D eigenvalue weighted by Gasteiger charge is -2.16. The maximum absolute atomic E-state index is 13.9. The molecule has 0 unspecified atom stereocenters. The zero-order valence-corrected chi connectivity index (χ0v) is 18.4. The molecule has 0 atom stereocenters. The largest absolute Gasteiger partial charge is 0.416 e. The Hall–Kier alpha value is -1.89. The van der Waals surface area contributed by atoms with Crippen LogP contribution in [0.2, 0.25) is 10.0 Å². The molecule has 0 radical (unpaired) electrons. The van der Waals surface area contributed by atoms with Gasteiger partial charge >= 0.3 is 6.18 Å². The Morgan fingerprint density at radius 1 is 1.13 bits per heavy atom. The van der Waals surface area contributed by atoms with Gasteiger partial charge in [0.2, 0.25) is 0 Å². The van der Waals surface area contributed by atoms with Crippen LogP contribution in [0.4, 0.5) is 22.0 Å². The summed E-state index contributed by atoms with van der Waals surface area (Å²) in [6.45, 7) is 0.620. The molecule has 0 bridgehead atoms. The highest BCUT2D eigenvalue weighted by atomic mass is 35.5. The minimum absolute atomic E-state index is 0.0321. The second-order valence-corrected chi connectivity index (χ2v) is 8.51. The molecular formula is C17H11Cl2F5N4OS2. The Bertz CT molecular complexity index is 1100. The minimum Gasteiger partial charge on any atom is -0.308 e. The van der Waals surface area contributed by atoms with E-state index in [4.69, 9.17) is 23.2 Å². The number of nitrogens with zero attached hydrogens (tertiary/aromatic N) is 3. The van der Waals surface area contributed by atoms with Gasteiger partial charge in [-0.15, -0.1) is 0 Å². The van der Waals surface area contributed by atoms with Gasteiger partial charge in [-0.25, -0.2) is 4.68 Å². The van der Waals surface area contributed by atoms with Crippen molar-refractivity contribution < 1.29 is 26.7 Å². The predicted molar refractivity (Wildman–Crippen MR) is 111 cm³/mol. The van der Waals surface area contributed by atoms with E-state index < -0.39 is 38.6 Å². The van der Waals surface area contributed by atoms with Gasteiger partial charge in [0.25, 0.3) is 11.2 Å². The molecule has 0 spiro atoms. The summed E-state index contributed by atoms with van der Waals surface area (Å²) in [6, 6.07) is 4.40. The summed E-state index contributed by atoms with van der Waals surface area (Å²) in [4.78, 5) is 12.0. The van der Waals surface area contributed by atoms with E-state index >= 15 is 0 Å². The van der Waals surface area contributed by atoms with Gasteiger partial charge in [0.15, 0.2) is 11.5 Å². The predicted octanol–water partition coefficient (Wildman–Crippen LogP) is 6.27. The number of aromatic nitrogens is 3. The standard InChI is InChI=1S/C17H11Cl2F5N4OS2/c1-16(20,21)31-13-11(14(29)26-30)25-28(15(13)27-4-2-3-5-27)12-9(18)6-8(7-10(12)19)17(22,23)24/h2-7,30H,1H3,(H,26,29). The molecule has 1 amide bonds. The molecule has 3 aromatic rings. The summed E-state index contributed by atoms with van der Waals surface area (Å²) in [5, 5.41) is -0.190. The maximum Gasteiger partial charge on any atom is 0.416 e. The first kappa shape index (κ1) is 23.8. The number of hydrogen-bond acceptors (Lipinski definition) is 4. The molecule has 2 aromatic heterocycles. The van der Waals surface area contributed by atoms with E-state index in [1.54, 1.807) is 12.1 Å². The van der Waals surface area contributed by atoms with Gasteiger partial charge in [0.05, 0.1) is 20.5 Å². The van der Waals surface area contributed by atoms with Crippen LogP contribution in [-0.4, -0.2) is 25.5 Å². The number of carbonyl (C=O) groups is 1. The fraction of sp³-hybridized carbons (Fsp3) is 0.176. The lowest BCUT2D eigenvalue weighted by Crippen LogP contribution is -2.15. The van der Waals surface area contributed by atoms with E-state index in [-0.39, 0.29) is 28.2 Å². The van der Waals surface area contributed by atoms with Gasteiger partial charge in [-0.2, -0.15) is 27.1 Å². The highest BCUT2D eigenvalue weighted by molar-refractivity contribution is 8.00. The third kappa shape index (κ3) is 4.97. The molecule has 0 aliphatic rings. The number of hydrogen-bond donors (Lipinski definition) is 2. The second-order valence-electron chi connectivity index (χ2n) is 6.14. The SMILES string of the molecule is CC(F)(F)Sc1c(C(=O)NS)nn(-c2c(Cl)cc(C(F)(F)F)cc2Cl)c1-n1cccc1. The molecule has 3 rings (SSSR count). The fourth-order valence-corrected chi connectivity index (χ4v) is 4.28. The van der Waals surface area contributed by atoms with Crippen LogP contribution < -0.4 is 4.72 Å². The van der Waals surface area contributed by atoms with Gasteiger partial charge in [0.1, 0.15) is 5.69 Å². The Labute approximate surface area is 192 Å². The number of alkyl halides is 5. The molecule has 2 heterocycles. The highest BCUT2D eigenvalue weighted by Crippen LogP contribution is 2.44. The van der Waals surface area contributed by atoms with Crippen LogP contribution in [0.3, 0.4) is 0 Å². The summed E-state index contributed by atoms with van der Waals surface area (Å²) in [5.74, 6) is -0.992. The fourth-order valence-electron chi connectivity index (χ4n) is 2.66. The van der Waals surface area contributed by atoms with E-state index in [9.17, 15) is 26.7 Å². The number of thiol groups is 1.